The summed E-state index contributed by atoms with van der Waals surface area (Å²) in [5, 5.41) is 2.41. The Morgan fingerprint density at radius 2 is 1.87 bits per heavy atom. The number of carbonyl (C=O) groups excluding carboxylic acids is 2. The van der Waals surface area contributed by atoms with Gasteiger partial charge in [-0.3, -0.25) is 14.6 Å². The lowest BCUT2D eigenvalue weighted by atomic mass is 9.85. The van der Waals surface area contributed by atoms with Gasteiger partial charge in [-0.25, -0.2) is 4.98 Å². The number of aromatic nitrogens is 2. The number of benzene rings is 1. The lowest BCUT2D eigenvalue weighted by Gasteiger charge is -2.23. The molecular weight excluding hydrogens is 396 g/mol. The van der Waals surface area contributed by atoms with E-state index in [9.17, 15) is 9.59 Å². The van der Waals surface area contributed by atoms with Crippen molar-refractivity contribution in [3.63, 3.8) is 0 Å². The molecule has 1 spiro atoms. The van der Waals surface area contributed by atoms with Crippen LogP contribution in [0, 0.1) is 5.41 Å². The Morgan fingerprint density at radius 3 is 2.67 bits per heavy atom. The molecule has 7 heteroatoms. The van der Waals surface area contributed by atoms with Crippen LogP contribution in [0.25, 0.3) is 11.3 Å². The molecule has 6 nitrogen and oxygen atoms in total. The summed E-state index contributed by atoms with van der Waals surface area (Å²) >= 11 is 1.37. The zero-order valence-electron chi connectivity index (χ0n) is 16.5. The van der Waals surface area contributed by atoms with Crippen LogP contribution in [-0.4, -0.2) is 51.2 Å². The van der Waals surface area contributed by atoms with Crippen LogP contribution in [0.4, 0.5) is 0 Å². The molecule has 2 aliphatic rings. The fourth-order valence-corrected chi connectivity index (χ4v) is 5.20. The SMILES string of the molecule is O=C(c1nc(-c2ccccc2)cs1)N1CCC2(CCN(Cc3ccccn3)C2=O)C1. The minimum atomic E-state index is -0.454. The summed E-state index contributed by atoms with van der Waals surface area (Å²) in [5.41, 5.74) is 2.26. The van der Waals surface area contributed by atoms with E-state index in [0.717, 1.165) is 23.4 Å². The monoisotopic (exact) mass is 418 g/mol. The van der Waals surface area contributed by atoms with Gasteiger partial charge in [0.15, 0.2) is 5.01 Å². The smallest absolute Gasteiger partial charge is 0.282 e. The van der Waals surface area contributed by atoms with Gasteiger partial charge in [0.2, 0.25) is 5.91 Å². The van der Waals surface area contributed by atoms with Gasteiger partial charge in [0.05, 0.1) is 23.3 Å². The number of amides is 2. The van der Waals surface area contributed by atoms with Gasteiger partial charge in [-0.05, 0) is 25.0 Å². The Balaban J connectivity index is 1.27. The van der Waals surface area contributed by atoms with Gasteiger partial charge < -0.3 is 9.80 Å². The zero-order chi connectivity index (χ0) is 20.6. The maximum atomic E-state index is 13.2. The van der Waals surface area contributed by atoms with Crippen molar-refractivity contribution in [3.8, 4) is 11.3 Å². The number of pyridine rings is 1. The van der Waals surface area contributed by atoms with E-state index >= 15 is 0 Å². The van der Waals surface area contributed by atoms with Gasteiger partial charge in [0, 0.05) is 36.8 Å². The zero-order valence-corrected chi connectivity index (χ0v) is 17.3. The molecule has 2 amide bonds. The van der Waals surface area contributed by atoms with Crippen LogP contribution in [0.1, 0.15) is 28.3 Å². The first kappa shape index (κ1) is 18.9. The minimum absolute atomic E-state index is 0.0740. The van der Waals surface area contributed by atoms with Crippen LogP contribution in [0.15, 0.2) is 60.1 Å². The highest BCUT2D eigenvalue weighted by Crippen LogP contribution is 2.41. The maximum Gasteiger partial charge on any atom is 0.282 e. The quantitative estimate of drug-likeness (QED) is 0.651. The highest BCUT2D eigenvalue weighted by atomic mass is 32.1. The molecule has 2 aromatic heterocycles. The van der Waals surface area contributed by atoms with Crippen LogP contribution >= 0.6 is 11.3 Å². The summed E-state index contributed by atoms with van der Waals surface area (Å²) in [6, 6.07) is 15.6. The Labute approximate surface area is 179 Å². The van der Waals surface area contributed by atoms with Crippen molar-refractivity contribution in [2.24, 2.45) is 5.41 Å². The normalized spacial score (nSPS) is 21.0. The van der Waals surface area contributed by atoms with Crippen LogP contribution < -0.4 is 0 Å². The average Bonchev–Trinajstić information content (AvgIpc) is 3.51. The number of hydrogen-bond acceptors (Lipinski definition) is 5. The molecule has 2 saturated heterocycles. The number of nitrogens with zero attached hydrogens (tertiary/aromatic N) is 4. The lowest BCUT2D eigenvalue weighted by Crippen LogP contribution is -2.38. The molecule has 0 aliphatic carbocycles. The number of thiazole rings is 1. The molecule has 2 fully saturated rings. The van der Waals surface area contributed by atoms with Crippen molar-refractivity contribution in [1.29, 1.82) is 0 Å². The van der Waals surface area contributed by atoms with E-state index < -0.39 is 5.41 Å². The first-order chi connectivity index (χ1) is 14.6. The summed E-state index contributed by atoms with van der Waals surface area (Å²) in [6.45, 7) is 2.32. The van der Waals surface area contributed by atoms with E-state index in [0.29, 0.717) is 37.6 Å². The number of likely N-dealkylation sites (tertiary alicyclic amines) is 2. The van der Waals surface area contributed by atoms with Crippen molar-refractivity contribution in [3.05, 3.63) is 70.8 Å². The Kier molecular flexibility index (Phi) is 4.83. The summed E-state index contributed by atoms with van der Waals surface area (Å²) in [7, 11) is 0. The molecule has 2 aliphatic heterocycles. The van der Waals surface area contributed by atoms with Crippen molar-refractivity contribution >= 4 is 23.2 Å². The molecule has 0 bridgehead atoms. The van der Waals surface area contributed by atoms with Gasteiger partial charge in [-0.15, -0.1) is 11.3 Å². The molecular formula is C23H22N4O2S. The van der Waals surface area contributed by atoms with Crippen molar-refractivity contribution < 1.29 is 9.59 Å². The maximum absolute atomic E-state index is 13.2. The Hall–Kier alpha value is -3.06. The molecule has 152 valence electrons. The summed E-state index contributed by atoms with van der Waals surface area (Å²) in [6.07, 6.45) is 3.25. The molecule has 0 radical (unpaired) electrons. The van der Waals surface area contributed by atoms with E-state index in [-0.39, 0.29) is 11.8 Å². The molecule has 30 heavy (non-hydrogen) atoms. The molecule has 1 atom stereocenters. The highest BCUT2D eigenvalue weighted by Gasteiger charge is 2.51. The summed E-state index contributed by atoms with van der Waals surface area (Å²) in [4.78, 5) is 38.8. The standard InChI is InChI=1S/C23H22N4O2S/c28-21(20-25-19(15-30-20)17-6-2-1-3-7-17)27-13-10-23(16-27)9-12-26(22(23)29)14-18-8-4-5-11-24-18/h1-8,11,15H,9-10,12-14,16H2. The first-order valence-corrected chi connectivity index (χ1v) is 11.0. The molecule has 5 rings (SSSR count). The van der Waals surface area contributed by atoms with Gasteiger partial charge in [0.1, 0.15) is 0 Å². The molecule has 0 N–H and O–H groups in total. The Morgan fingerprint density at radius 1 is 1.07 bits per heavy atom. The molecule has 0 saturated carbocycles. The highest BCUT2D eigenvalue weighted by molar-refractivity contribution is 7.12. The van der Waals surface area contributed by atoms with Crippen molar-refractivity contribution in [2.75, 3.05) is 19.6 Å². The molecule has 3 aromatic rings. The van der Waals surface area contributed by atoms with E-state index in [4.69, 9.17) is 0 Å². The largest absolute Gasteiger partial charge is 0.336 e. The van der Waals surface area contributed by atoms with E-state index in [1.54, 1.807) is 11.1 Å². The average molecular weight is 419 g/mol. The molecule has 4 heterocycles. The molecule has 1 aromatic carbocycles. The van der Waals surface area contributed by atoms with E-state index in [2.05, 4.69) is 9.97 Å². The summed E-state index contributed by atoms with van der Waals surface area (Å²) in [5.74, 6) is 0.0719. The first-order valence-electron chi connectivity index (χ1n) is 10.1. The van der Waals surface area contributed by atoms with Crippen LogP contribution in [0.5, 0.6) is 0 Å². The number of carbonyl (C=O) groups is 2. The number of hydrogen-bond donors (Lipinski definition) is 0. The lowest BCUT2D eigenvalue weighted by molar-refractivity contribution is -0.135. The predicted octanol–water partition coefficient (Wildman–Crippen LogP) is 3.47. The fourth-order valence-electron chi connectivity index (χ4n) is 4.40. The van der Waals surface area contributed by atoms with Gasteiger partial charge >= 0.3 is 0 Å². The van der Waals surface area contributed by atoms with Crippen LogP contribution in [0.3, 0.4) is 0 Å². The third-order valence-electron chi connectivity index (χ3n) is 6.08. The number of rotatable bonds is 4. The minimum Gasteiger partial charge on any atom is -0.336 e. The van der Waals surface area contributed by atoms with Crippen LogP contribution in [0.2, 0.25) is 0 Å². The van der Waals surface area contributed by atoms with Gasteiger partial charge in [0.25, 0.3) is 5.91 Å². The summed E-state index contributed by atoms with van der Waals surface area (Å²) < 4.78 is 0. The second kappa shape index (κ2) is 7.65. The third kappa shape index (κ3) is 3.39. The van der Waals surface area contributed by atoms with Crippen LogP contribution in [-0.2, 0) is 11.3 Å². The van der Waals surface area contributed by atoms with Crippen molar-refractivity contribution in [1.82, 2.24) is 19.8 Å². The Bertz CT molecular complexity index is 1070. The fraction of sp³-hybridized carbons (Fsp3) is 0.304. The van der Waals surface area contributed by atoms with Crippen molar-refractivity contribution in [2.45, 2.75) is 19.4 Å². The van der Waals surface area contributed by atoms with E-state index in [1.807, 2.05) is 58.8 Å². The third-order valence-corrected chi connectivity index (χ3v) is 6.91. The second-order valence-electron chi connectivity index (χ2n) is 7.96. The van der Waals surface area contributed by atoms with Gasteiger partial charge in [-0.1, -0.05) is 36.4 Å². The predicted molar refractivity (Wildman–Crippen MR) is 115 cm³/mol. The molecule has 1 unspecified atom stereocenters. The van der Waals surface area contributed by atoms with E-state index in [1.165, 1.54) is 11.3 Å². The topological polar surface area (TPSA) is 66.4 Å². The second-order valence-corrected chi connectivity index (χ2v) is 8.82. The van der Waals surface area contributed by atoms with Gasteiger partial charge in [-0.2, -0.15) is 0 Å².